The highest BCUT2D eigenvalue weighted by Gasteiger charge is 2.15. The first-order chi connectivity index (χ1) is 11.0. The third-order valence-electron chi connectivity index (χ3n) is 2.80. The molecule has 3 N–H and O–H groups in total. The first-order valence-corrected chi connectivity index (χ1v) is 7.22. The molecule has 0 spiro atoms. The zero-order valence-corrected chi connectivity index (χ0v) is 16.3. The average molecular weight is 459 g/mol. The molecule has 0 aliphatic carbocycles. The molecular weight excluding hydrogens is 435 g/mol. The van der Waals surface area contributed by atoms with E-state index in [1.807, 2.05) is 6.92 Å². The van der Waals surface area contributed by atoms with Crippen molar-refractivity contribution in [3.8, 4) is 11.5 Å². The highest BCUT2D eigenvalue weighted by molar-refractivity contribution is 14.0. The van der Waals surface area contributed by atoms with Crippen LogP contribution < -0.4 is 20.5 Å². The second kappa shape index (κ2) is 12.1. The standard InChI is InChI=1S/C15H23F2N3O3.HI/c1-4-22-12-7-5-6-11(13(12)23-14(16)17)8-19-15(18)20-10(2)9-21-3;/h5-7,10,14H,4,8-9H2,1-3H3,(H3,18,19,20);1H. The van der Waals surface area contributed by atoms with E-state index in [0.717, 1.165) is 0 Å². The highest BCUT2D eigenvalue weighted by atomic mass is 127. The molecule has 1 atom stereocenters. The molecule has 0 radical (unpaired) electrons. The van der Waals surface area contributed by atoms with Crippen LogP contribution in [0.1, 0.15) is 19.4 Å². The van der Waals surface area contributed by atoms with Gasteiger partial charge in [0.25, 0.3) is 0 Å². The Bertz CT molecular complexity index is 519. The normalized spacial score (nSPS) is 12.5. The molecule has 1 unspecified atom stereocenters. The molecule has 0 saturated carbocycles. The zero-order valence-electron chi connectivity index (χ0n) is 13.9. The number of hydrogen-bond donors (Lipinski definition) is 2. The van der Waals surface area contributed by atoms with Gasteiger partial charge >= 0.3 is 6.61 Å². The number of methoxy groups -OCH3 is 1. The number of aliphatic imine (C=N–C) groups is 1. The Hall–Kier alpha value is -1.36. The van der Waals surface area contributed by atoms with Gasteiger partial charge in [0.05, 0.1) is 19.8 Å². The third kappa shape index (κ3) is 7.95. The number of para-hydroxylation sites is 1. The van der Waals surface area contributed by atoms with E-state index in [9.17, 15) is 8.78 Å². The van der Waals surface area contributed by atoms with Gasteiger partial charge in [0, 0.05) is 18.7 Å². The van der Waals surface area contributed by atoms with Crippen LogP contribution >= 0.6 is 24.0 Å². The molecule has 0 aliphatic heterocycles. The summed E-state index contributed by atoms with van der Waals surface area (Å²) in [6, 6.07) is 4.87. The van der Waals surface area contributed by atoms with Crippen LogP contribution in [0, 0.1) is 0 Å². The summed E-state index contributed by atoms with van der Waals surface area (Å²) in [6.07, 6.45) is 0. The molecule has 1 rings (SSSR count). The third-order valence-corrected chi connectivity index (χ3v) is 2.80. The first kappa shape index (κ1) is 22.6. The summed E-state index contributed by atoms with van der Waals surface area (Å²) < 4.78 is 40.1. The van der Waals surface area contributed by atoms with Crippen LogP contribution in [0.2, 0.25) is 0 Å². The van der Waals surface area contributed by atoms with Crippen LogP contribution in [-0.2, 0) is 11.3 Å². The van der Waals surface area contributed by atoms with E-state index in [0.29, 0.717) is 18.8 Å². The Morgan fingerprint density at radius 3 is 2.67 bits per heavy atom. The number of alkyl halides is 2. The van der Waals surface area contributed by atoms with E-state index in [4.69, 9.17) is 15.2 Å². The lowest BCUT2D eigenvalue weighted by atomic mass is 10.2. The van der Waals surface area contributed by atoms with Gasteiger partial charge in [0.15, 0.2) is 17.5 Å². The van der Waals surface area contributed by atoms with E-state index in [1.165, 1.54) is 0 Å². The van der Waals surface area contributed by atoms with E-state index >= 15 is 0 Å². The van der Waals surface area contributed by atoms with Crippen molar-refractivity contribution in [3.63, 3.8) is 0 Å². The van der Waals surface area contributed by atoms with Crippen molar-refractivity contribution in [1.82, 2.24) is 5.32 Å². The predicted octanol–water partition coefficient (Wildman–Crippen LogP) is 2.74. The van der Waals surface area contributed by atoms with Gasteiger partial charge in [0.1, 0.15) is 0 Å². The first-order valence-electron chi connectivity index (χ1n) is 7.22. The number of ether oxygens (including phenoxy) is 3. The fourth-order valence-corrected chi connectivity index (χ4v) is 1.94. The lowest BCUT2D eigenvalue weighted by Gasteiger charge is -2.15. The molecule has 0 fully saturated rings. The number of nitrogens with zero attached hydrogens (tertiary/aromatic N) is 1. The highest BCUT2D eigenvalue weighted by Crippen LogP contribution is 2.33. The van der Waals surface area contributed by atoms with Gasteiger partial charge in [-0.15, -0.1) is 24.0 Å². The summed E-state index contributed by atoms with van der Waals surface area (Å²) in [6.45, 7) is 1.58. The second-order valence-electron chi connectivity index (χ2n) is 4.76. The Morgan fingerprint density at radius 1 is 1.38 bits per heavy atom. The van der Waals surface area contributed by atoms with Crippen LogP contribution in [0.4, 0.5) is 8.78 Å². The number of hydrogen-bond acceptors (Lipinski definition) is 4. The molecule has 0 heterocycles. The lowest BCUT2D eigenvalue weighted by Crippen LogP contribution is -2.40. The van der Waals surface area contributed by atoms with Crippen molar-refractivity contribution >= 4 is 29.9 Å². The van der Waals surface area contributed by atoms with Gasteiger partial charge in [-0.05, 0) is 19.9 Å². The maximum Gasteiger partial charge on any atom is 0.387 e. The number of benzene rings is 1. The minimum Gasteiger partial charge on any atom is -0.490 e. The van der Waals surface area contributed by atoms with Crippen LogP contribution in [-0.4, -0.2) is 38.9 Å². The van der Waals surface area contributed by atoms with Crippen LogP contribution in [0.25, 0.3) is 0 Å². The number of halogens is 3. The van der Waals surface area contributed by atoms with Gasteiger partial charge in [0.2, 0.25) is 0 Å². The molecule has 0 bridgehead atoms. The minimum atomic E-state index is -2.95. The van der Waals surface area contributed by atoms with Gasteiger partial charge < -0.3 is 25.3 Å². The minimum absolute atomic E-state index is 0. The molecule has 1 aromatic rings. The SMILES string of the molecule is CCOc1cccc(CN=C(N)NC(C)COC)c1OC(F)F.I. The fourth-order valence-electron chi connectivity index (χ4n) is 1.94. The molecule has 0 saturated heterocycles. The van der Waals surface area contributed by atoms with Crippen LogP contribution in [0.5, 0.6) is 11.5 Å². The van der Waals surface area contributed by atoms with Crippen molar-refractivity contribution in [2.75, 3.05) is 20.3 Å². The summed E-state index contributed by atoms with van der Waals surface area (Å²) in [4.78, 5) is 4.13. The summed E-state index contributed by atoms with van der Waals surface area (Å²) in [7, 11) is 1.58. The van der Waals surface area contributed by atoms with Gasteiger partial charge in [-0.1, -0.05) is 12.1 Å². The Kier molecular flexibility index (Phi) is 11.4. The van der Waals surface area contributed by atoms with Crippen molar-refractivity contribution in [2.45, 2.75) is 33.0 Å². The monoisotopic (exact) mass is 459 g/mol. The fraction of sp³-hybridized carbons (Fsp3) is 0.533. The number of rotatable bonds is 9. The van der Waals surface area contributed by atoms with Gasteiger partial charge in [-0.25, -0.2) is 4.99 Å². The molecular formula is C15H24F2IN3O3. The predicted molar refractivity (Wildman–Crippen MR) is 99.5 cm³/mol. The van der Waals surface area contributed by atoms with Crippen molar-refractivity contribution < 1.29 is 23.0 Å². The summed E-state index contributed by atoms with van der Waals surface area (Å²) in [5.41, 5.74) is 6.22. The van der Waals surface area contributed by atoms with E-state index < -0.39 is 6.61 Å². The summed E-state index contributed by atoms with van der Waals surface area (Å²) >= 11 is 0. The summed E-state index contributed by atoms with van der Waals surface area (Å²) in [5.74, 6) is 0.421. The average Bonchev–Trinajstić information content (AvgIpc) is 2.47. The maximum atomic E-state index is 12.6. The Labute approximate surface area is 157 Å². The number of nitrogens with two attached hydrogens (primary N) is 1. The maximum absolute atomic E-state index is 12.6. The topological polar surface area (TPSA) is 78.1 Å². The van der Waals surface area contributed by atoms with Gasteiger partial charge in [-0.2, -0.15) is 8.78 Å². The molecule has 6 nitrogen and oxygen atoms in total. The quantitative estimate of drug-likeness (QED) is 0.338. The van der Waals surface area contributed by atoms with Gasteiger partial charge in [-0.3, -0.25) is 0 Å². The van der Waals surface area contributed by atoms with Crippen molar-refractivity contribution in [3.05, 3.63) is 23.8 Å². The molecule has 0 aromatic heterocycles. The van der Waals surface area contributed by atoms with E-state index in [-0.39, 0.29) is 54.0 Å². The molecule has 138 valence electrons. The lowest BCUT2D eigenvalue weighted by molar-refractivity contribution is -0.0520. The van der Waals surface area contributed by atoms with E-state index in [2.05, 4.69) is 15.0 Å². The van der Waals surface area contributed by atoms with Crippen molar-refractivity contribution in [1.29, 1.82) is 0 Å². The number of guanidine groups is 1. The zero-order chi connectivity index (χ0) is 17.2. The van der Waals surface area contributed by atoms with Crippen LogP contribution in [0.3, 0.4) is 0 Å². The molecule has 24 heavy (non-hydrogen) atoms. The largest absolute Gasteiger partial charge is 0.490 e. The Balaban J connectivity index is 0.00000529. The summed E-state index contributed by atoms with van der Waals surface area (Å²) in [5, 5.41) is 2.93. The molecule has 1 aromatic carbocycles. The van der Waals surface area contributed by atoms with Crippen molar-refractivity contribution in [2.24, 2.45) is 10.7 Å². The smallest absolute Gasteiger partial charge is 0.387 e. The van der Waals surface area contributed by atoms with Crippen LogP contribution in [0.15, 0.2) is 23.2 Å². The number of nitrogens with one attached hydrogen (secondary N) is 1. The molecule has 0 aliphatic rings. The molecule has 0 amide bonds. The molecule has 9 heteroatoms. The Morgan fingerprint density at radius 2 is 2.08 bits per heavy atom. The second-order valence-corrected chi connectivity index (χ2v) is 4.76. The van der Waals surface area contributed by atoms with E-state index in [1.54, 1.807) is 32.2 Å².